The summed E-state index contributed by atoms with van der Waals surface area (Å²) in [6.45, 7) is 0.621. The molecule has 0 saturated carbocycles. The number of aromatic nitrogens is 2. The zero-order chi connectivity index (χ0) is 22.1. The van der Waals surface area contributed by atoms with Crippen molar-refractivity contribution in [3.05, 3.63) is 68.2 Å². The van der Waals surface area contributed by atoms with E-state index in [0.717, 1.165) is 17.5 Å². The minimum absolute atomic E-state index is 0.0686. The second-order valence-electron chi connectivity index (χ2n) is 7.05. The number of benzene rings is 2. The lowest BCUT2D eigenvalue weighted by Gasteiger charge is -2.29. The second-order valence-corrected chi connectivity index (χ2v) is 7.43. The minimum Gasteiger partial charge on any atom is -0.495 e. The predicted octanol–water partition coefficient (Wildman–Crippen LogP) is 2.86. The van der Waals surface area contributed by atoms with Gasteiger partial charge in [-0.15, -0.1) is 0 Å². The van der Waals surface area contributed by atoms with Crippen molar-refractivity contribution in [2.24, 2.45) is 0 Å². The standard InChI is InChI=1S/C22H23N3O5S/c1-28-15-7-5-4-6-14(15)25-21(27)18(20(26)24-22(25)31)19-13-11-17(30-3)16(29-2)10-12(13)8-9-23-19/h4-7,10-11,19,23,27H,8-9H2,1-3H3,(H,24,26,31)/t19-/m0/s1. The highest BCUT2D eigenvalue weighted by atomic mass is 32.1. The topological polar surface area (TPSA) is 97.7 Å². The third kappa shape index (κ3) is 3.55. The molecule has 1 aromatic heterocycles. The first kappa shape index (κ1) is 21.0. The van der Waals surface area contributed by atoms with Crippen LogP contribution < -0.4 is 25.1 Å². The van der Waals surface area contributed by atoms with Gasteiger partial charge in [-0.2, -0.15) is 0 Å². The fourth-order valence-corrected chi connectivity index (χ4v) is 4.25. The molecule has 0 spiro atoms. The SMILES string of the molecule is COc1cc2c(cc1OC)[C@@H](c1c(O)n(-c3ccccc3OC)c(=S)[nH]c1=O)NCC2. The highest BCUT2D eigenvalue weighted by molar-refractivity contribution is 7.71. The summed E-state index contributed by atoms with van der Waals surface area (Å²) in [5.41, 5.74) is 2.05. The molecule has 2 heterocycles. The summed E-state index contributed by atoms with van der Waals surface area (Å²) in [6.07, 6.45) is 0.747. The number of H-pyrrole nitrogens is 1. The molecule has 0 aliphatic carbocycles. The first-order valence-corrected chi connectivity index (χ1v) is 10.1. The van der Waals surface area contributed by atoms with Crippen LogP contribution in [0.4, 0.5) is 0 Å². The normalized spacial score (nSPS) is 15.3. The molecule has 0 radical (unpaired) electrons. The lowest BCUT2D eigenvalue weighted by molar-refractivity contribution is 0.352. The summed E-state index contributed by atoms with van der Waals surface area (Å²) in [4.78, 5) is 15.7. The van der Waals surface area contributed by atoms with Gasteiger partial charge in [-0.25, -0.2) is 0 Å². The van der Waals surface area contributed by atoms with Gasteiger partial charge in [0.25, 0.3) is 5.56 Å². The summed E-state index contributed by atoms with van der Waals surface area (Å²) in [5.74, 6) is 1.42. The molecule has 8 nitrogen and oxygen atoms in total. The largest absolute Gasteiger partial charge is 0.495 e. The molecule has 1 aliphatic rings. The van der Waals surface area contributed by atoms with Gasteiger partial charge in [-0.05, 0) is 54.0 Å². The van der Waals surface area contributed by atoms with Crippen molar-refractivity contribution in [2.45, 2.75) is 12.5 Å². The predicted molar refractivity (Wildman–Crippen MR) is 119 cm³/mol. The van der Waals surface area contributed by atoms with E-state index < -0.39 is 11.6 Å². The Morgan fingerprint density at radius 3 is 2.45 bits per heavy atom. The van der Waals surface area contributed by atoms with E-state index in [9.17, 15) is 9.90 Å². The van der Waals surface area contributed by atoms with Gasteiger partial charge < -0.3 is 24.6 Å². The molecule has 9 heteroatoms. The fraction of sp³-hybridized carbons (Fsp3) is 0.273. The van der Waals surface area contributed by atoms with E-state index in [0.29, 0.717) is 29.5 Å². The highest BCUT2D eigenvalue weighted by Gasteiger charge is 2.30. The Morgan fingerprint density at radius 2 is 1.74 bits per heavy atom. The van der Waals surface area contributed by atoms with Crippen LogP contribution in [0.5, 0.6) is 23.1 Å². The number of methoxy groups -OCH3 is 3. The van der Waals surface area contributed by atoms with Crippen molar-refractivity contribution in [1.82, 2.24) is 14.9 Å². The molecule has 2 aromatic carbocycles. The monoisotopic (exact) mass is 441 g/mol. The molecule has 3 aromatic rings. The fourth-order valence-electron chi connectivity index (χ4n) is 3.98. The van der Waals surface area contributed by atoms with E-state index in [2.05, 4.69) is 10.3 Å². The van der Waals surface area contributed by atoms with Gasteiger partial charge in [-0.1, -0.05) is 12.1 Å². The Kier molecular flexibility index (Phi) is 5.71. The molecule has 1 atom stereocenters. The number of nitrogens with zero attached hydrogens (tertiary/aromatic N) is 1. The van der Waals surface area contributed by atoms with Gasteiger partial charge >= 0.3 is 0 Å². The molecule has 162 valence electrons. The van der Waals surface area contributed by atoms with Crippen LogP contribution in [0.3, 0.4) is 0 Å². The summed E-state index contributed by atoms with van der Waals surface area (Å²) in [7, 11) is 4.67. The Morgan fingerprint density at radius 1 is 1.06 bits per heavy atom. The van der Waals surface area contributed by atoms with Crippen molar-refractivity contribution >= 4 is 12.2 Å². The van der Waals surface area contributed by atoms with Crippen LogP contribution >= 0.6 is 12.2 Å². The van der Waals surface area contributed by atoms with Crippen LogP contribution in [-0.4, -0.2) is 42.5 Å². The van der Waals surface area contributed by atoms with Crippen molar-refractivity contribution in [1.29, 1.82) is 0 Å². The van der Waals surface area contributed by atoms with Crippen LogP contribution in [0.25, 0.3) is 5.69 Å². The van der Waals surface area contributed by atoms with E-state index in [4.69, 9.17) is 26.4 Å². The first-order chi connectivity index (χ1) is 15.0. The number of para-hydroxylation sites is 2. The van der Waals surface area contributed by atoms with Crippen LogP contribution in [0, 0.1) is 4.77 Å². The van der Waals surface area contributed by atoms with Crippen molar-refractivity contribution < 1.29 is 19.3 Å². The maximum absolute atomic E-state index is 13.0. The summed E-state index contributed by atoms with van der Waals surface area (Å²) >= 11 is 5.36. The molecular weight excluding hydrogens is 418 g/mol. The molecule has 0 unspecified atom stereocenters. The van der Waals surface area contributed by atoms with Crippen molar-refractivity contribution in [2.75, 3.05) is 27.9 Å². The van der Waals surface area contributed by atoms with Gasteiger partial charge in [0.2, 0.25) is 5.88 Å². The smallest absolute Gasteiger partial charge is 0.260 e. The lowest BCUT2D eigenvalue weighted by atomic mass is 9.90. The molecule has 0 bridgehead atoms. The maximum atomic E-state index is 13.0. The summed E-state index contributed by atoms with van der Waals surface area (Å²) in [5, 5.41) is 14.6. The Hall–Kier alpha value is -3.30. The van der Waals surface area contributed by atoms with E-state index >= 15 is 0 Å². The average molecular weight is 442 g/mol. The number of rotatable bonds is 5. The van der Waals surface area contributed by atoms with Crippen LogP contribution in [0.15, 0.2) is 41.2 Å². The van der Waals surface area contributed by atoms with E-state index in [1.807, 2.05) is 18.2 Å². The molecule has 31 heavy (non-hydrogen) atoms. The molecule has 1 aliphatic heterocycles. The van der Waals surface area contributed by atoms with Crippen LogP contribution in [0.2, 0.25) is 0 Å². The van der Waals surface area contributed by atoms with Gasteiger partial charge in [0.1, 0.15) is 5.75 Å². The molecular formula is C22H23N3O5S. The van der Waals surface area contributed by atoms with Gasteiger partial charge in [-0.3, -0.25) is 14.3 Å². The third-order valence-electron chi connectivity index (χ3n) is 5.43. The molecule has 0 fully saturated rings. The Bertz CT molecular complexity index is 1250. The number of fused-ring (bicyclic) bond motifs is 1. The number of nitrogens with one attached hydrogen (secondary N) is 2. The number of hydrogen-bond acceptors (Lipinski definition) is 7. The number of aromatic hydroxyl groups is 1. The molecule has 0 amide bonds. The zero-order valence-corrected chi connectivity index (χ0v) is 18.2. The number of hydrogen-bond donors (Lipinski definition) is 3. The van der Waals surface area contributed by atoms with E-state index in [1.165, 1.54) is 11.7 Å². The average Bonchev–Trinajstić information content (AvgIpc) is 2.78. The lowest BCUT2D eigenvalue weighted by Crippen LogP contribution is -2.35. The van der Waals surface area contributed by atoms with E-state index in [-0.39, 0.29) is 16.2 Å². The summed E-state index contributed by atoms with van der Waals surface area (Å²) < 4.78 is 17.8. The van der Waals surface area contributed by atoms with E-state index in [1.54, 1.807) is 32.4 Å². The first-order valence-electron chi connectivity index (χ1n) is 9.69. The zero-order valence-electron chi connectivity index (χ0n) is 17.4. The Balaban J connectivity index is 1.95. The molecule has 0 saturated heterocycles. The molecule has 3 N–H and O–H groups in total. The van der Waals surface area contributed by atoms with Crippen LogP contribution in [-0.2, 0) is 6.42 Å². The Labute approximate surface area is 184 Å². The van der Waals surface area contributed by atoms with Crippen LogP contribution in [0.1, 0.15) is 22.7 Å². The highest BCUT2D eigenvalue weighted by Crippen LogP contribution is 2.39. The maximum Gasteiger partial charge on any atom is 0.260 e. The number of aromatic amines is 1. The quantitative estimate of drug-likeness (QED) is 0.524. The van der Waals surface area contributed by atoms with Crippen molar-refractivity contribution in [3.63, 3.8) is 0 Å². The van der Waals surface area contributed by atoms with Gasteiger partial charge in [0.15, 0.2) is 16.3 Å². The van der Waals surface area contributed by atoms with Gasteiger partial charge in [0.05, 0.1) is 38.6 Å². The second kappa shape index (κ2) is 8.44. The minimum atomic E-state index is -0.566. The third-order valence-corrected chi connectivity index (χ3v) is 5.72. The number of ether oxygens (including phenoxy) is 3. The van der Waals surface area contributed by atoms with Crippen molar-refractivity contribution in [3.8, 4) is 28.8 Å². The van der Waals surface area contributed by atoms with Gasteiger partial charge in [0, 0.05) is 6.54 Å². The summed E-state index contributed by atoms with van der Waals surface area (Å²) in [6, 6.07) is 10.3. The molecule has 4 rings (SSSR count).